The summed E-state index contributed by atoms with van der Waals surface area (Å²) < 4.78 is 0. The number of nitriles is 2. The second-order valence-corrected chi connectivity index (χ2v) is 5.30. The molecule has 0 bridgehead atoms. The van der Waals surface area contributed by atoms with E-state index in [2.05, 4.69) is 17.5 Å². The molecule has 1 aliphatic heterocycles. The average molecular weight is 273 g/mol. The van der Waals surface area contributed by atoms with E-state index in [0.717, 1.165) is 4.88 Å². The Kier molecular flexibility index (Phi) is 3.00. The van der Waals surface area contributed by atoms with Crippen molar-refractivity contribution >= 4 is 24.0 Å². The summed E-state index contributed by atoms with van der Waals surface area (Å²) in [7, 11) is 0. The van der Waals surface area contributed by atoms with Crippen molar-refractivity contribution in [2.75, 3.05) is 0 Å². The number of nitrogens with two attached hydrogens (primary N) is 1. The first-order valence-electron chi connectivity index (χ1n) is 5.09. The molecule has 3 N–H and O–H groups in total. The minimum Gasteiger partial charge on any atom is -0.761 e. The lowest BCUT2D eigenvalue weighted by atomic mass is 9.74. The molecule has 0 saturated heterocycles. The standard InChI is InChI=1S/C12H10N4S2/c1-12(9-3-2-4-18-9)7(5-13)10(15)16-11(17)8(12)6-14/h2-4,16-17H,15H2,1H3/p-1. The van der Waals surface area contributed by atoms with Crippen molar-refractivity contribution in [3.63, 3.8) is 0 Å². The SMILES string of the molecule is CC1(c2cccs2)C(C#N)=C(N)NC([S-])=C1C#N. The number of rotatable bonds is 1. The first kappa shape index (κ1) is 12.4. The second kappa shape index (κ2) is 4.34. The van der Waals surface area contributed by atoms with E-state index in [1.54, 1.807) is 6.92 Å². The van der Waals surface area contributed by atoms with Crippen LogP contribution in [0, 0.1) is 22.7 Å². The molecule has 1 unspecified atom stereocenters. The van der Waals surface area contributed by atoms with Gasteiger partial charge in [-0.3, -0.25) is 0 Å². The van der Waals surface area contributed by atoms with Gasteiger partial charge in [-0.15, -0.1) is 11.3 Å². The molecule has 2 rings (SSSR count). The average Bonchev–Trinajstić information content (AvgIpc) is 2.83. The topological polar surface area (TPSA) is 85.6 Å². The number of nitrogens with one attached hydrogen (secondary N) is 1. The van der Waals surface area contributed by atoms with Crippen molar-refractivity contribution in [2.45, 2.75) is 12.3 Å². The molecular weight excluding hydrogens is 264 g/mol. The molecule has 0 aromatic carbocycles. The van der Waals surface area contributed by atoms with Gasteiger partial charge in [0, 0.05) is 10.5 Å². The third-order valence-electron chi connectivity index (χ3n) is 2.98. The molecule has 1 aliphatic rings. The van der Waals surface area contributed by atoms with Gasteiger partial charge in [0.15, 0.2) is 0 Å². The third-order valence-corrected chi connectivity index (χ3v) is 4.38. The van der Waals surface area contributed by atoms with Crippen LogP contribution >= 0.6 is 11.3 Å². The normalized spacial score (nSPS) is 23.3. The van der Waals surface area contributed by atoms with E-state index in [9.17, 15) is 10.5 Å². The van der Waals surface area contributed by atoms with E-state index < -0.39 is 5.41 Å². The van der Waals surface area contributed by atoms with Gasteiger partial charge in [-0.2, -0.15) is 10.5 Å². The summed E-state index contributed by atoms with van der Waals surface area (Å²) in [4.78, 5) is 0.877. The largest absolute Gasteiger partial charge is 0.761 e. The van der Waals surface area contributed by atoms with Crippen LogP contribution in [0.15, 0.2) is 39.5 Å². The van der Waals surface area contributed by atoms with Crippen LogP contribution in [0.3, 0.4) is 0 Å². The summed E-state index contributed by atoms with van der Waals surface area (Å²) in [6.45, 7) is 1.80. The highest BCUT2D eigenvalue weighted by Gasteiger charge is 2.41. The molecule has 2 heterocycles. The fourth-order valence-corrected chi connectivity index (χ4v) is 3.27. The van der Waals surface area contributed by atoms with Gasteiger partial charge in [0.05, 0.1) is 23.1 Å². The van der Waals surface area contributed by atoms with Crippen molar-refractivity contribution in [2.24, 2.45) is 5.73 Å². The molecule has 1 atom stereocenters. The van der Waals surface area contributed by atoms with Gasteiger partial charge in [0.1, 0.15) is 5.82 Å². The Hall–Kier alpha value is -2.02. The van der Waals surface area contributed by atoms with Crippen molar-refractivity contribution in [3.05, 3.63) is 44.4 Å². The molecule has 0 radical (unpaired) electrons. The Morgan fingerprint density at radius 3 is 2.56 bits per heavy atom. The monoisotopic (exact) mass is 273 g/mol. The number of dihydropyridines is 1. The number of hydrogen-bond acceptors (Lipinski definition) is 6. The van der Waals surface area contributed by atoms with Gasteiger partial charge in [-0.25, -0.2) is 0 Å². The molecule has 0 spiro atoms. The van der Waals surface area contributed by atoms with Gasteiger partial charge in [0.2, 0.25) is 0 Å². The van der Waals surface area contributed by atoms with Crippen LogP contribution in [0.2, 0.25) is 0 Å². The molecule has 0 aliphatic carbocycles. The Labute approximate surface area is 114 Å². The Bertz CT molecular complexity index is 590. The zero-order valence-electron chi connectivity index (χ0n) is 9.52. The highest BCUT2D eigenvalue weighted by Crippen LogP contribution is 2.44. The summed E-state index contributed by atoms with van der Waals surface area (Å²) in [6.07, 6.45) is 0. The lowest BCUT2D eigenvalue weighted by Gasteiger charge is -2.37. The van der Waals surface area contributed by atoms with Crippen LogP contribution in [0.5, 0.6) is 0 Å². The third kappa shape index (κ3) is 1.55. The lowest BCUT2D eigenvalue weighted by Crippen LogP contribution is -2.38. The van der Waals surface area contributed by atoms with Gasteiger partial charge < -0.3 is 23.7 Å². The van der Waals surface area contributed by atoms with E-state index in [0.29, 0.717) is 11.1 Å². The van der Waals surface area contributed by atoms with Gasteiger partial charge in [0.25, 0.3) is 0 Å². The highest BCUT2D eigenvalue weighted by atomic mass is 32.1. The predicted octanol–water partition coefficient (Wildman–Crippen LogP) is 1.58. The number of hydrogen-bond donors (Lipinski definition) is 2. The highest BCUT2D eigenvalue weighted by molar-refractivity contribution is 7.63. The molecular formula is C12H9N4S2-. The Balaban J connectivity index is 2.77. The Morgan fingerprint density at radius 2 is 2.06 bits per heavy atom. The Morgan fingerprint density at radius 1 is 1.39 bits per heavy atom. The van der Waals surface area contributed by atoms with E-state index in [1.165, 1.54) is 11.3 Å². The van der Waals surface area contributed by atoms with E-state index >= 15 is 0 Å². The van der Waals surface area contributed by atoms with Crippen LogP contribution in [0.4, 0.5) is 0 Å². The molecule has 0 saturated carbocycles. The molecule has 6 heteroatoms. The maximum Gasteiger partial charge on any atom is 0.114 e. The van der Waals surface area contributed by atoms with Gasteiger partial charge in [-0.1, -0.05) is 11.1 Å². The molecule has 0 fully saturated rings. The first-order valence-corrected chi connectivity index (χ1v) is 6.37. The zero-order valence-corrected chi connectivity index (χ0v) is 11.2. The summed E-state index contributed by atoms with van der Waals surface area (Å²) in [6, 6.07) is 7.93. The summed E-state index contributed by atoms with van der Waals surface area (Å²) in [5.74, 6) is 0.220. The fraction of sp³-hybridized carbons (Fsp3) is 0.167. The molecule has 1 aromatic rings. The summed E-state index contributed by atoms with van der Waals surface area (Å²) in [5.41, 5.74) is 5.64. The van der Waals surface area contributed by atoms with Crippen molar-refractivity contribution in [1.82, 2.24) is 5.32 Å². The molecule has 18 heavy (non-hydrogen) atoms. The minimum absolute atomic E-state index is 0.220. The van der Waals surface area contributed by atoms with Crippen molar-refractivity contribution in [3.8, 4) is 12.1 Å². The zero-order chi connectivity index (χ0) is 13.3. The van der Waals surface area contributed by atoms with E-state index in [4.69, 9.17) is 18.4 Å². The molecule has 1 aromatic heterocycles. The van der Waals surface area contributed by atoms with Crippen LogP contribution in [0.1, 0.15) is 11.8 Å². The second-order valence-electron chi connectivity index (χ2n) is 3.94. The van der Waals surface area contributed by atoms with Crippen molar-refractivity contribution < 1.29 is 0 Å². The van der Waals surface area contributed by atoms with Gasteiger partial charge in [-0.05, 0) is 18.4 Å². The smallest absolute Gasteiger partial charge is 0.114 e. The van der Waals surface area contributed by atoms with Crippen molar-refractivity contribution in [1.29, 1.82) is 10.5 Å². The van der Waals surface area contributed by atoms with Crippen LogP contribution < -0.4 is 11.1 Å². The summed E-state index contributed by atoms with van der Waals surface area (Å²) >= 11 is 6.61. The quantitative estimate of drug-likeness (QED) is 0.759. The molecule has 4 nitrogen and oxygen atoms in total. The predicted molar refractivity (Wildman–Crippen MR) is 71.6 cm³/mol. The van der Waals surface area contributed by atoms with E-state index in [-0.39, 0.29) is 10.9 Å². The van der Waals surface area contributed by atoms with Crippen LogP contribution in [-0.2, 0) is 18.0 Å². The number of nitrogens with zero attached hydrogens (tertiary/aromatic N) is 2. The lowest BCUT2D eigenvalue weighted by molar-refractivity contribution is 0.661. The molecule has 90 valence electrons. The molecule has 0 amide bonds. The van der Waals surface area contributed by atoms with Gasteiger partial charge >= 0.3 is 0 Å². The fourth-order valence-electron chi connectivity index (χ4n) is 2.01. The van der Waals surface area contributed by atoms with E-state index in [1.807, 2.05) is 17.5 Å². The maximum atomic E-state index is 9.31. The number of thiophene rings is 1. The van der Waals surface area contributed by atoms with Crippen LogP contribution in [0.25, 0.3) is 0 Å². The first-order chi connectivity index (χ1) is 8.55. The number of allylic oxidation sites excluding steroid dienone is 2. The van der Waals surface area contributed by atoms with Crippen LogP contribution in [-0.4, -0.2) is 0 Å². The maximum absolute atomic E-state index is 9.31. The summed E-state index contributed by atoms with van der Waals surface area (Å²) in [5, 5.41) is 23.5. The minimum atomic E-state index is -0.857.